The molecule has 7 heteroatoms. The Kier molecular flexibility index (Phi) is 3.91. The number of hydrogen-bond acceptors (Lipinski definition) is 4. The lowest BCUT2D eigenvalue weighted by Crippen LogP contribution is -2.17. The summed E-state index contributed by atoms with van der Waals surface area (Å²) < 4.78 is 0. The van der Waals surface area contributed by atoms with Gasteiger partial charge in [-0.1, -0.05) is 18.2 Å². The fraction of sp³-hybridized carbons (Fsp3) is 0.0556. The van der Waals surface area contributed by atoms with Crippen LogP contribution in [-0.4, -0.2) is 27.3 Å². The number of thiophene rings is 1. The van der Waals surface area contributed by atoms with Crippen molar-refractivity contribution >= 4 is 34.4 Å². The van der Waals surface area contributed by atoms with Gasteiger partial charge in [-0.25, -0.2) is 5.43 Å². The van der Waals surface area contributed by atoms with E-state index in [1.165, 1.54) is 4.88 Å². The Balaban J connectivity index is 1.46. The van der Waals surface area contributed by atoms with Crippen LogP contribution in [0, 0.1) is 6.92 Å². The number of rotatable bonds is 4. The third kappa shape index (κ3) is 3.09. The second kappa shape index (κ2) is 6.37. The Morgan fingerprint density at radius 3 is 3.00 bits per heavy atom. The molecule has 0 atom stereocenters. The van der Waals surface area contributed by atoms with Gasteiger partial charge in [-0.3, -0.25) is 9.89 Å². The predicted octanol–water partition coefficient (Wildman–Crippen LogP) is 3.69. The lowest BCUT2D eigenvalue weighted by molar-refractivity contribution is 0.0950. The van der Waals surface area contributed by atoms with Crippen LogP contribution < -0.4 is 5.43 Å². The van der Waals surface area contributed by atoms with Crippen LogP contribution in [0.4, 0.5) is 0 Å². The average molecular weight is 349 g/mol. The van der Waals surface area contributed by atoms with E-state index in [4.69, 9.17) is 0 Å². The van der Waals surface area contributed by atoms with Crippen molar-refractivity contribution in [2.45, 2.75) is 6.92 Å². The van der Waals surface area contributed by atoms with Crippen molar-refractivity contribution in [2.75, 3.05) is 0 Å². The second-order valence-electron chi connectivity index (χ2n) is 5.57. The molecule has 3 N–H and O–H groups in total. The Morgan fingerprint density at radius 1 is 1.28 bits per heavy atom. The highest BCUT2D eigenvalue weighted by Gasteiger charge is 2.11. The molecule has 0 aliphatic carbocycles. The monoisotopic (exact) mass is 349 g/mol. The zero-order chi connectivity index (χ0) is 17.2. The van der Waals surface area contributed by atoms with Gasteiger partial charge < -0.3 is 4.98 Å². The van der Waals surface area contributed by atoms with E-state index in [1.54, 1.807) is 23.6 Å². The third-order valence-corrected chi connectivity index (χ3v) is 4.84. The summed E-state index contributed by atoms with van der Waals surface area (Å²) in [6.07, 6.45) is 3.47. The van der Waals surface area contributed by atoms with E-state index in [0.717, 1.165) is 27.0 Å². The maximum Gasteiger partial charge on any atom is 0.291 e. The molecule has 6 nitrogen and oxygen atoms in total. The number of carbonyl (C=O) groups excluding carboxylic acids is 1. The first-order valence-corrected chi connectivity index (χ1v) is 8.54. The Labute approximate surface area is 147 Å². The van der Waals surface area contributed by atoms with Crippen LogP contribution in [0.3, 0.4) is 0 Å². The lowest BCUT2D eigenvalue weighted by atomic mass is 10.2. The van der Waals surface area contributed by atoms with Gasteiger partial charge >= 0.3 is 0 Å². The van der Waals surface area contributed by atoms with Crippen LogP contribution in [0.15, 0.2) is 53.8 Å². The van der Waals surface area contributed by atoms with Crippen LogP contribution in [0.2, 0.25) is 0 Å². The molecule has 4 rings (SSSR count). The molecule has 3 aromatic heterocycles. The van der Waals surface area contributed by atoms with Crippen molar-refractivity contribution in [3.8, 4) is 10.6 Å². The number of fused-ring (bicyclic) bond motifs is 1. The molecule has 124 valence electrons. The van der Waals surface area contributed by atoms with E-state index < -0.39 is 0 Å². The molecule has 1 amide bonds. The molecule has 0 saturated heterocycles. The van der Waals surface area contributed by atoms with Crippen molar-refractivity contribution in [3.63, 3.8) is 0 Å². The molecule has 0 saturated carbocycles. The number of hydrazone groups is 1. The standard InChI is InChI=1S/C18H15N5OS/c1-11-6-7-17(25-11)15-8-16(22-21-15)18(24)23-20-10-12-9-19-14-5-3-2-4-13(12)14/h2-10,19H,1H3,(H,21,22)(H,23,24)/b20-10+. The summed E-state index contributed by atoms with van der Waals surface area (Å²) in [5, 5.41) is 12.0. The topological polar surface area (TPSA) is 85.9 Å². The number of H-pyrrole nitrogens is 2. The van der Waals surface area contributed by atoms with Gasteiger partial charge in [0.1, 0.15) is 0 Å². The minimum absolute atomic E-state index is 0.303. The highest BCUT2D eigenvalue weighted by molar-refractivity contribution is 7.15. The van der Waals surface area contributed by atoms with Gasteiger partial charge in [0.15, 0.2) is 5.69 Å². The normalized spacial score (nSPS) is 11.4. The quantitative estimate of drug-likeness (QED) is 0.388. The molecular formula is C18H15N5OS. The molecule has 3 heterocycles. The maximum atomic E-state index is 12.2. The van der Waals surface area contributed by atoms with Gasteiger partial charge in [-0.2, -0.15) is 10.2 Å². The van der Waals surface area contributed by atoms with Crippen molar-refractivity contribution in [1.29, 1.82) is 0 Å². The van der Waals surface area contributed by atoms with Crippen molar-refractivity contribution < 1.29 is 4.79 Å². The molecule has 0 radical (unpaired) electrons. The van der Waals surface area contributed by atoms with E-state index in [1.807, 2.05) is 49.5 Å². The van der Waals surface area contributed by atoms with E-state index >= 15 is 0 Å². The summed E-state index contributed by atoms with van der Waals surface area (Å²) >= 11 is 1.65. The number of hydrogen-bond donors (Lipinski definition) is 3. The molecule has 0 aliphatic rings. The minimum Gasteiger partial charge on any atom is -0.361 e. The minimum atomic E-state index is -0.355. The molecule has 0 aliphatic heterocycles. The van der Waals surface area contributed by atoms with Crippen LogP contribution in [0.25, 0.3) is 21.5 Å². The zero-order valence-corrected chi connectivity index (χ0v) is 14.2. The molecule has 25 heavy (non-hydrogen) atoms. The summed E-state index contributed by atoms with van der Waals surface area (Å²) in [5.41, 5.74) is 5.57. The van der Waals surface area contributed by atoms with E-state index in [2.05, 4.69) is 25.7 Å². The number of benzene rings is 1. The first-order chi connectivity index (χ1) is 12.2. The number of aromatic amines is 2. The van der Waals surface area contributed by atoms with Crippen LogP contribution in [0.5, 0.6) is 0 Å². The number of nitrogens with one attached hydrogen (secondary N) is 3. The maximum absolute atomic E-state index is 12.2. The molecule has 1 aromatic carbocycles. The molecular weight excluding hydrogens is 334 g/mol. The molecule has 0 unspecified atom stereocenters. The first-order valence-electron chi connectivity index (χ1n) is 7.72. The van der Waals surface area contributed by atoms with Gasteiger partial charge in [-0.05, 0) is 31.2 Å². The second-order valence-corrected chi connectivity index (χ2v) is 6.85. The third-order valence-electron chi connectivity index (χ3n) is 3.81. The SMILES string of the molecule is Cc1ccc(-c2cc(C(=O)N/N=C/c3c[nH]c4ccccc34)n[nH]2)s1. The van der Waals surface area contributed by atoms with E-state index in [-0.39, 0.29) is 5.91 Å². The summed E-state index contributed by atoms with van der Waals surface area (Å²) in [7, 11) is 0. The van der Waals surface area contributed by atoms with Crippen molar-refractivity contribution in [3.05, 3.63) is 64.8 Å². The number of nitrogens with zero attached hydrogens (tertiary/aromatic N) is 2. The largest absolute Gasteiger partial charge is 0.361 e. The average Bonchev–Trinajstić information content (AvgIpc) is 3.34. The number of carbonyl (C=O) groups is 1. The highest BCUT2D eigenvalue weighted by atomic mass is 32.1. The Bertz CT molecular complexity index is 1070. The number of para-hydroxylation sites is 1. The van der Waals surface area contributed by atoms with Gasteiger partial charge in [0.25, 0.3) is 5.91 Å². The summed E-state index contributed by atoms with van der Waals surface area (Å²) in [4.78, 5) is 17.6. The van der Waals surface area contributed by atoms with Gasteiger partial charge in [0, 0.05) is 27.5 Å². The van der Waals surface area contributed by atoms with E-state index in [9.17, 15) is 4.79 Å². The summed E-state index contributed by atoms with van der Waals surface area (Å²) in [6.45, 7) is 2.04. The fourth-order valence-corrected chi connectivity index (χ4v) is 3.40. The smallest absolute Gasteiger partial charge is 0.291 e. The summed E-state index contributed by atoms with van der Waals surface area (Å²) in [6, 6.07) is 13.7. The molecule has 0 spiro atoms. The van der Waals surface area contributed by atoms with Crippen molar-refractivity contribution in [2.24, 2.45) is 5.10 Å². The van der Waals surface area contributed by atoms with Crippen LogP contribution >= 0.6 is 11.3 Å². The lowest BCUT2D eigenvalue weighted by Gasteiger charge is -1.94. The van der Waals surface area contributed by atoms with E-state index in [0.29, 0.717) is 5.69 Å². The Hall–Kier alpha value is -3.19. The number of aryl methyl sites for hydroxylation is 1. The van der Waals surface area contributed by atoms with Gasteiger partial charge in [0.05, 0.1) is 16.8 Å². The summed E-state index contributed by atoms with van der Waals surface area (Å²) in [5.74, 6) is -0.355. The highest BCUT2D eigenvalue weighted by Crippen LogP contribution is 2.26. The van der Waals surface area contributed by atoms with Gasteiger partial charge in [-0.15, -0.1) is 11.3 Å². The zero-order valence-electron chi connectivity index (χ0n) is 13.4. The first kappa shape index (κ1) is 15.3. The fourth-order valence-electron chi connectivity index (χ4n) is 2.56. The number of aromatic nitrogens is 3. The molecule has 0 bridgehead atoms. The molecule has 0 fully saturated rings. The Morgan fingerprint density at radius 2 is 2.16 bits per heavy atom. The molecule has 4 aromatic rings. The van der Waals surface area contributed by atoms with Crippen molar-refractivity contribution in [1.82, 2.24) is 20.6 Å². The van der Waals surface area contributed by atoms with Crippen LogP contribution in [-0.2, 0) is 0 Å². The van der Waals surface area contributed by atoms with Gasteiger partial charge in [0.2, 0.25) is 0 Å². The predicted molar refractivity (Wildman–Crippen MR) is 100.0 cm³/mol. The number of amides is 1. The van der Waals surface area contributed by atoms with Crippen LogP contribution in [0.1, 0.15) is 20.9 Å².